The van der Waals surface area contributed by atoms with Crippen molar-refractivity contribution in [3.05, 3.63) is 39.7 Å². The number of hydrogen-bond donors (Lipinski definition) is 2. The first-order chi connectivity index (χ1) is 12.1. The van der Waals surface area contributed by atoms with Crippen molar-refractivity contribution in [1.82, 2.24) is 4.57 Å². The minimum atomic E-state index is -3.17. The molecule has 26 heavy (non-hydrogen) atoms. The first-order valence-corrected chi connectivity index (χ1v) is 7.04. The Morgan fingerprint density at radius 2 is 1.92 bits per heavy atom. The fraction of sp³-hybridized carbons (Fsp3) is 0.286. The summed E-state index contributed by atoms with van der Waals surface area (Å²) in [6, 6.07) is -0.131. The largest absolute Gasteiger partial charge is 0.718 e. The molecule has 140 valence electrons. The lowest BCUT2D eigenvalue weighted by Gasteiger charge is -2.15. The van der Waals surface area contributed by atoms with Crippen LogP contribution in [0.25, 0.3) is 10.9 Å². The van der Waals surface area contributed by atoms with Gasteiger partial charge in [-0.15, -0.1) is 0 Å². The minimum Gasteiger partial charge on any atom is -0.491 e. The zero-order chi connectivity index (χ0) is 19.8. The molecule has 2 aromatic rings. The highest BCUT2D eigenvalue weighted by Crippen LogP contribution is 2.42. The van der Waals surface area contributed by atoms with Crippen LogP contribution in [0.5, 0.6) is 5.75 Å². The molecule has 0 aliphatic heterocycles. The zero-order valence-corrected chi connectivity index (χ0v) is 13.1. The van der Waals surface area contributed by atoms with Crippen molar-refractivity contribution in [2.75, 3.05) is 7.11 Å². The van der Waals surface area contributed by atoms with Crippen LogP contribution in [-0.2, 0) is 0 Å². The van der Waals surface area contributed by atoms with Crippen molar-refractivity contribution in [3.63, 3.8) is 0 Å². The van der Waals surface area contributed by atoms with Gasteiger partial charge >= 0.3 is 13.4 Å². The molecule has 1 aromatic heterocycles. The van der Waals surface area contributed by atoms with Crippen LogP contribution in [-0.4, -0.2) is 41.4 Å². The maximum atomic E-state index is 13.9. The number of halogens is 5. The van der Waals surface area contributed by atoms with Crippen LogP contribution in [0.3, 0.4) is 0 Å². The second-order valence-corrected chi connectivity index (χ2v) is 5.28. The van der Waals surface area contributed by atoms with E-state index >= 15 is 0 Å². The van der Waals surface area contributed by atoms with E-state index in [9.17, 15) is 31.4 Å². The number of carbonyl (C=O) groups is 1. The van der Waals surface area contributed by atoms with E-state index in [-0.39, 0.29) is 17.3 Å². The third kappa shape index (κ3) is 3.64. The van der Waals surface area contributed by atoms with Crippen LogP contribution in [0.2, 0.25) is 0 Å². The van der Waals surface area contributed by atoms with Gasteiger partial charge in [0, 0.05) is 12.6 Å². The molecule has 1 aliphatic carbocycles. The third-order valence-corrected chi connectivity index (χ3v) is 3.64. The Bertz CT molecular complexity index is 916. The van der Waals surface area contributed by atoms with Crippen molar-refractivity contribution in [1.29, 1.82) is 0 Å². The summed E-state index contributed by atoms with van der Waals surface area (Å²) in [5, 5.41) is 15.4. The van der Waals surface area contributed by atoms with E-state index in [1.54, 1.807) is 0 Å². The van der Waals surface area contributed by atoms with Crippen LogP contribution < -0.4 is 10.2 Å². The second kappa shape index (κ2) is 7.32. The average Bonchev–Trinajstić information content (AvgIpc) is 3.25. The summed E-state index contributed by atoms with van der Waals surface area (Å²) in [6.07, 6.45) is -0.207. The predicted molar refractivity (Wildman–Crippen MR) is 80.4 cm³/mol. The number of carboxylic acids is 1. The fourth-order valence-electron chi connectivity index (χ4n) is 2.47. The molecule has 0 saturated heterocycles. The molecule has 2 atom stereocenters. The summed E-state index contributed by atoms with van der Waals surface area (Å²) >= 11 is 0. The molecule has 0 unspecified atom stereocenters. The summed E-state index contributed by atoms with van der Waals surface area (Å²) in [4.78, 5) is 23.3. The van der Waals surface area contributed by atoms with Gasteiger partial charge in [-0.1, -0.05) is 0 Å². The smallest absolute Gasteiger partial charge is 0.491 e. The number of ether oxygens (including phenoxy) is 1. The van der Waals surface area contributed by atoms with E-state index < -0.39 is 54.0 Å². The van der Waals surface area contributed by atoms with Crippen molar-refractivity contribution in [3.8, 4) is 5.75 Å². The summed E-state index contributed by atoms with van der Waals surface area (Å²) in [5.41, 5.74) is -1.77. The number of benzene rings is 1. The molecule has 1 aromatic carbocycles. The number of aromatic nitrogens is 1. The van der Waals surface area contributed by atoms with Crippen LogP contribution in [0.1, 0.15) is 22.8 Å². The fourth-order valence-corrected chi connectivity index (χ4v) is 2.47. The van der Waals surface area contributed by atoms with Crippen molar-refractivity contribution >= 4 is 24.3 Å². The van der Waals surface area contributed by atoms with Crippen molar-refractivity contribution in [2.24, 2.45) is 0 Å². The van der Waals surface area contributed by atoms with E-state index in [2.05, 4.69) is 0 Å². The number of nitrogens with zero attached hydrogens (tertiary/aromatic N) is 1. The number of fused-ring (bicyclic) bond motifs is 1. The average molecular weight is 379 g/mol. The standard InChI is InChI=1S/C14H10F3NO4.BF2HO/c1-22-13-10(17)8(16)2-5-11(13)18(9-3-7(9)15)4-6(12(5)19)14(20)21;2-1(3)4/h2,4,7,9H,3H2,1H3,(H,20,21);4H/t7-,9+;/m0./s1. The second-order valence-electron chi connectivity index (χ2n) is 5.28. The Kier molecular flexibility index (Phi) is 5.54. The van der Waals surface area contributed by atoms with Gasteiger partial charge in [0.1, 0.15) is 11.7 Å². The third-order valence-electron chi connectivity index (χ3n) is 3.64. The Morgan fingerprint density at radius 3 is 2.35 bits per heavy atom. The van der Waals surface area contributed by atoms with Gasteiger partial charge in [0.2, 0.25) is 11.2 Å². The molecule has 3 rings (SSSR count). The lowest BCUT2D eigenvalue weighted by Crippen LogP contribution is -2.20. The Labute approximate surface area is 142 Å². The van der Waals surface area contributed by atoms with Gasteiger partial charge in [0.05, 0.1) is 24.1 Å². The lowest BCUT2D eigenvalue weighted by molar-refractivity contribution is 0.0694. The van der Waals surface area contributed by atoms with Gasteiger partial charge in [-0.25, -0.2) is 13.6 Å². The molecule has 0 bridgehead atoms. The molecular formula is C14H11BF5NO5. The van der Waals surface area contributed by atoms with E-state index in [0.29, 0.717) is 6.07 Å². The minimum absolute atomic E-state index is 0.0964. The van der Waals surface area contributed by atoms with Crippen LogP contribution in [0, 0.1) is 11.6 Å². The maximum absolute atomic E-state index is 13.9. The van der Waals surface area contributed by atoms with E-state index in [4.69, 9.17) is 14.9 Å². The number of alkyl halides is 1. The van der Waals surface area contributed by atoms with Crippen molar-refractivity contribution < 1.29 is 41.5 Å². The van der Waals surface area contributed by atoms with Gasteiger partial charge < -0.3 is 19.4 Å². The molecule has 0 spiro atoms. The number of hydrogen-bond acceptors (Lipinski definition) is 4. The molecule has 12 heteroatoms. The summed E-state index contributed by atoms with van der Waals surface area (Å²) in [7, 11) is -2.09. The first-order valence-electron chi connectivity index (χ1n) is 7.04. The monoisotopic (exact) mass is 379 g/mol. The zero-order valence-electron chi connectivity index (χ0n) is 13.1. The Hall–Kier alpha value is -2.63. The number of carboxylic acid groups (broad SMARTS) is 1. The van der Waals surface area contributed by atoms with Gasteiger partial charge in [-0.05, 0) is 6.07 Å². The molecule has 6 nitrogen and oxygen atoms in total. The highest BCUT2D eigenvalue weighted by atomic mass is 19.2. The van der Waals surface area contributed by atoms with Crippen LogP contribution in [0.4, 0.5) is 21.8 Å². The predicted octanol–water partition coefficient (Wildman–Crippen LogP) is 2.17. The highest BCUT2D eigenvalue weighted by Gasteiger charge is 2.41. The molecule has 1 saturated carbocycles. The summed E-state index contributed by atoms with van der Waals surface area (Å²) in [6.45, 7) is 0. The van der Waals surface area contributed by atoms with Gasteiger partial charge in [0.15, 0.2) is 11.6 Å². The van der Waals surface area contributed by atoms with Gasteiger partial charge in [-0.2, -0.15) is 4.39 Å². The first kappa shape index (κ1) is 19.7. The maximum Gasteiger partial charge on any atom is 0.718 e. The van der Waals surface area contributed by atoms with Crippen molar-refractivity contribution in [2.45, 2.75) is 18.6 Å². The van der Waals surface area contributed by atoms with Crippen LogP contribution >= 0.6 is 0 Å². The van der Waals surface area contributed by atoms with E-state index in [1.165, 1.54) is 0 Å². The lowest BCUT2D eigenvalue weighted by atomic mass is 10.1. The van der Waals surface area contributed by atoms with E-state index in [1.807, 2.05) is 0 Å². The number of methoxy groups -OCH3 is 1. The van der Waals surface area contributed by atoms with Gasteiger partial charge in [0.25, 0.3) is 0 Å². The SMILES string of the molecule is COc1c(F)c(F)cc2c(=O)c(C(=O)O)cn([C@@H]3C[C@@H]3F)c12.OB(F)F. The topological polar surface area (TPSA) is 88.8 Å². The highest BCUT2D eigenvalue weighted by molar-refractivity contribution is 6.32. The summed E-state index contributed by atoms with van der Waals surface area (Å²) in [5.74, 6) is -4.74. The molecule has 2 N–H and O–H groups in total. The molecule has 1 aliphatic rings. The normalized spacial score (nSPS) is 18.1. The summed E-state index contributed by atoms with van der Waals surface area (Å²) < 4.78 is 66.6. The Morgan fingerprint density at radius 1 is 1.38 bits per heavy atom. The quantitative estimate of drug-likeness (QED) is 0.631. The van der Waals surface area contributed by atoms with E-state index in [0.717, 1.165) is 17.9 Å². The number of rotatable bonds is 3. The Balaban J connectivity index is 0.000000552. The van der Waals surface area contributed by atoms with Crippen LogP contribution in [0.15, 0.2) is 17.1 Å². The molecule has 0 amide bonds. The molecular weight excluding hydrogens is 368 g/mol. The molecule has 1 fully saturated rings. The number of pyridine rings is 1. The van der Waals surface area contributed by atoms with Gasteiger partial charge in [-0.3, -0.25) is 13.4 Å². The number of aromatic carboxylic acids is 1. The molecule has 1 heterocycles. The molecule has 0 radical (unpaired) electrons.